The first-order chi connectivity index (χ1) is 19.0. The van der Waals surface area contributed by atoms with Crippen LogP contribution in [-0.2, 0) is 11.3 Å². The highest BCUT2D eigenvalue weighted by Crippen LogP contribution is 2.26. The van der Waals surface area contributed by atoms with E-state index in [1.165, 1.54) is 16.0 Å². The molecular weight excluding hydrogens is 520 g/mol. The Morgan fingerprint density at radius 1 is 0.925 bits per heavy atom. The van der Waals surface area contributed by atoms with Gasteiger partial charge in [-0.1, -0.05) is 61.9 Å². The molecule has 3 rings (SSSR count). The summed E-state index contributed by atoms with van der Waals surface area (Å²) in [4.78, 5) is 12.9. The second-order valence-corrected chi connectivity index (χ2v) is 12.1. The van der Waals surface area contributed by atoms with Gasteiger partial charge < -0.3 is 19.5 Å². The third kappa shape index (κ3) is 14.8. The van der Waals surface area contributed by atoms with Crippen LogP contribution < -0.4 is 14.8 Å². The molecule has 0 fully saturated rings. The van der Waals surface area contributed by atoms with Crippen LogP contribution in [0, 0.1) is 12.8 Å². The van der Waals surface area contributed by atoms with Crippen molar-refractivity contribution in [3.63, 3.8) is 0 Å². The Labute approximate surface area is 245 Å². The van der Waals surface area contributed by atoms with Crippen molar-refractivity contribution in [2.75, 3.05) is 26.7 Å². The molecule has 0 saturated carbocycles. The fourth-order valence-corrected chi connectivity index (χ4v) is 4.65. The average Bonchev–Trinajstić information content (AvgIpc) is 2.91. The van der Waals surface area contributed by atoms with E-state index in [0.29, 0.717) is 19.1 Å². The van der Waals surface area contributed by atoms with E-state index < -0.39 is 5.60 Å². The van der Waals surface area contributed by atoms with Crippen molar-refractivity contribution < 1.29 is 19.0 Å². The second kappa shape index (κ2) is 17.5. The number of alkyl carbamates (subject to hydrolysis) is 1. The lowest BCUT2D eigenvalue weighted by molar-refractivity contribution is 0.0526. The third-order valence-corrected chi connectivity index (χ3v) is 6.46. The Balaban J connectivity index is 0.000000315. The van der Waals surface area contributed by atoms with Crippen LogP contribution in [-0.4, -0.2) is 42.7 Å². The number of nitrogens with zero attached hydrogens (tertiary/aromatic N) is 1. The summed E-state index contributed by atoms with van der Waals surface area (Å²) in [5, 5.41) is 2.81. The number of hydrogen-bond donors (Lipinski definition) is 1. The lowest BCUT2D eigenvalue weighted by Gasteiger charge is -2.23. The van der Waals surface area contributed by atoms with Crippen LogP contribution in [0.1, 0.15) is 52.2 Å². The van der Waals surface area contributed by atoms with Crippen LogP contribution in [0.2, 0.25) is 0 Å². The smallest absolute Gasteiger partial charge is 0.407 e. The number of rotatable bonds is 12. The molecule has 40 heavy (non-hydrogen) atoms. The predicted octanol–water partition coefficient (Wildman–Crippen LogP) is 8.15. The molecular formula is C33H46N2O4S. The lowest BCUT2D eigenvalue weighted by Crippen LogP contribution is -2.34. The van der Waals surface area contributed by atoms with Gasteiger partial charge >= 0.3 is 6.09 Å². The van der Waals surface area contributed by atoms with E-state index in [2.05, 4.69) is 66.8 Å². The first-order valence-corrected chi connectivity index (χ1v) is 14.6. The van der Waals surface area contributed by atoms with E-state index in [1.54, 1.807) is 19.1 Å². The molecule has 0 aromatic heterocycles. The fourth-order valence-electron chi connectivity index (χ4n) is 3.50. The maximum Gasteiger partial charge on any atom is 0.407 e. The number of ether oxygens (including phenoxy) is 3. The molecule has 6 nitrogen and oxygen atoms in total. The van der Waals surface area contributed by atoms with Crippen molar-refractivity contribution in [1.82, 2.24) is 9.62 Å². The lowest BCUT2D eigenvalue weighted by atomic mass is 10.2. The van der Waals surface area contributed by atoms with E-state index in [4.69, 9.17) is 14.2 Å². The number of amides is 1. The molecule has 0 unspecified atom stereocenters. The number of hydrogen-bond acceptors (Lipinski definition) is 6. The van der Waals surface area contributed by atoms with Crippen LogP contribution in [0.3, 0.4) is 0 Å². The number of nitrogens with one attached hydrogen (secondary N) is 1. The summed E-state index contributed by atoms with van der Waals surface area (Å²) in [6.07, 6.45) is 0.514. The minimum atomic E-state index is -0.460. The summed E-state index contributed by atoms with van der Waals surface area (Å²) in [6, 6.07) is 26.4. The molecule has 0 atom stereocenters. The van der Waals surface area contributed by atoms with Crippen molar-refractivity contribution in [3.8, 4) is 11.5 Å². The maximum absolute atomic E-state index is 11.7. The van der Waals surface area contributed by atoms with Crippen LogP contribution in [0.5, 0.6) is 11.5 Å². The van der Waals surface area contributed by atoms with Gasteiger partial charge in [0.2, 0.25) is 0 Å². The molecule has 0 saturated heterocycles. The van der Waals surface area contributed by atoms with Gasteiger partial charge in [-0.3, -0.25) is 0 Å². The Morgan fingerprint density at radius 2 is 1.55 bits per heavy atom. The zero-order valence-corrected chi connectivity index (χ0v) is 25.9. The van der Waals surface area contributed by atoms with E-state index in [0.717, 1.165) is 31.0 Å². The Morgan fingerprint density at radius 3 is 2.12 bits per heavy atom. The van der Waals surface area contributed by atoms with Gasteiger partial charge in [-0.05, 0) is 93.9 Å². The molecule has 0 bridgehead atoms. The molecule has 1 amide bonds. The Kier molecular flexibility index (Phi) is 14.5. The molecule has 0 aliphatic rings. The molecule has 0 aliphatic heterocycles. The average molecular weight is 567 g/mol. The summed E-state index contributed by atoms with van der Waals surface area (Å²) >= 11 is 1.74. The standard InChI is InChI=1S/C19H32N2O3S.C14H14O/c1-15(2)14-21(25-17-10-8-16(23-6)9-11-17)13-7-12-20-18(22)24-19(3,4)5;1-12-7-9-14(10-8-12)15-11-13-5-3-2-4-6-13/h8-11,15H,7,12-14H2,1-6H3,(H,20,22);2-10H,11H2,1H3. The summed E-state index contributed by atoms with van der Waals surface area (Å²) in [5.74, 6) is 2.36. The third-order valence-electron chi connectivity index (χ3n) is 5.38. The molecule has 0 radical (unpaired) electrons. The zero-order chi connectivity index (χ0) is 29.4. The largest absolute Gasteiger partial charge is 0.497 e. The van der Waals surface area contributed by atoms with Crippen molar-refractivity contribution in [3.05, 3.63) is 90.0 Å². The highest BCUT2D eigenvalue weighted by atomic mass is 32.2. The normalized spacial score (nSPS) is 11.0. The SMILES string of the molecule is COc1ccc(SN(CCCNC(=O)OC(C)(C)C)CC(C)C)cc1.Cc1ccc(OCc2ccccc2)cc1. The van der Waals surface area contributed by atoms with Gasteiger partial charge in [-0.15, -0.1) is 0 Å². The molecule has 0 heterocycles. The number of carbonyl (C=O) groups is 1. The van der Waals surface area contributed by atoms with E-state index in [-0.39, 0.29) is 6.09 Å². The van der Waals surface area contributed by atoms with E-state index >= 15 is 0 Å². The first kappa shape index (κ1) is 33.0. The van der Waals surface area contributed by atoms with E-state index in [1.807, 2.05) is 63.2 Å². The minimum absolute atomic E-state index is 0.356. The molecule has 3 aromatic carbocycles. The highest BCUT2D eigenvalue weighted by Gasteiger charge is 2.16. The van der Waals surface area contributed by atoms with Gasteiger partial charge in [0.1, 0.15) is 23.7 Å². The van der Waals surface area contributed by atoms with Gasteiger partial charge in [-0.25, -0.2) is 9.10 Å². The van der Waals surface area contributed by atoms with Crippen LogP contribution in [0.4, 0.5) is 4.79 Å². The van der Waals surface area contributed by atoms with Crippen molar-refractivity contribution >= 4 is 18.0 Å². The van der Waals surface area contributed by atoms with Gasteiger partial charge in [0.25, 0.3) is 0 Å². The molecule has 7 heteroatoms. The predicted molar refractivity (Wildman–Crippen MR) is 166 cm³/mol. The molecule has 1 N–H and O–H groups in total. The summed E-state index contributed by atoms with van der Waals surface area (Å²) in [6.45, 7) is 15.2. The number of benzene rings is 3. The molecule has 3 aromatic rings. The zero-order valence-electron chi connectivity index (χ0n) is 25.1. The van der Waals surface area contributed by atoms with Crippen LogP contribution in [0.25, 0.3) is 0 Å². The van der Waals surface area contributed by atoms with Gasteiger partial charge in [0.15, 0.2) is 0 Å². The summed E-state index contributed by atoms with van der Waals surface area (Å²) in [7, 11) is 1.67. The number of carbonyl (C=O) groups excluding carboxylic acids is 1. The summed E-state index contributed by atoms with van der Waals surface area (Å²) < 4.78 is 18.4. The number of aryl methyl sites for hydroxylation is 1. The monoisotopic (exact) mass is 566 g/mol. The van der Waals surface area contributed by atoms with Crippen LogP contribution >= 0.6 is 11.9 Å². The molecule has 218 valence electrons. The highest BCUT2D eigenvalue weighted by molar-refractivity contribution is 7.97. The molecule has 0 aliphatic carbocycles. The second-order valence-electron chi connectivity index (χ2n) is 10.9. The minimum Gasteiger partial charge on any atom is -0.497 e. The van der Waals surface area contributed by atoms with Crippen LogP contribution in [0.15, 0.2) is 83.8 Å². The maximum atomic E-state index is 11.7. The van der Waals surface area contributed by atoms with Crippen molar-refractivity contribution in [1.29, 1.82) is 0 Å². The topological polar surface area (TPSA) is 60.0 Å². The fraction of sp³-hybridized carbons (Fsp3) is 0.424. The van der Waals surface area contributed by atoms with Crippen molar-refractivity contribution in [2.24, 2.45) is 5.92 Å². The van der Waals surface area contributed by atoms with Gasteiger partial charge in [0, 0.05) is 24.5 Å². The summed E-state index contributed by atoms with van der Waals surface area (Å²) in [5.41, 5.74) is 1.98. The van der Waals surface area contributed by atoms with Gasteiger partial charge in [-0.2, -0.15) is 0 Å². The van der Waals surface area contributed by atoms with E-state index in [9.17, 15) is 4.79 Å². The van der Waals surface area contributed by atoms with Crippen molar-refractivity contribution in [2.45, 2.75) is 65.1 Å². The first-order valence-electron chi connectivity index (χ1n) is 13.8. The number of methoxy groups -OCH3 is 1. The Hall–Kier alpha value is -3.16. The molecule has 0 spiro atoms. The van der Waals surface area contributed by atoms with Gasteiger partial charge in [0.05, 0.1) is 7.11 Å². The quantitative estimate of drug-likeness (QED) is 0.176. The Bertz CT molecular complexity index is 1100.